The number of halogens is 1. The van der Waals surface area contributed by atoms with Crippen LogP contribution in [-0.2, 0) is 16.0 Å². The minimum atomic E-state index is -0.440. The second-order valence-electron chi connectivity index (χ2n) is 6.53. The monoisotopic (exact) mass is 379 g/mol. The summed E-state index contributed by atoms with van der Waals surface area (Å²) in [4.78, 5) is 18.6. The van der Waals surface area contributed by atoms with Crippen LogP contribution in [0.25, 0.3) is 0 Å². The zero-order valence-electron chi connectivity index (χ0n) is 15.9. The predicted octanol–water partition coefficient (Wildman–Crippen LogP) is 0.357. The Morgan fingerprint density at radius 1 is 1.30 bits per heavy atom. The van der Waals surface area contributed by atoms with Crippen LogP contribution in [0.1, 0.15) is 12.5 Å². The lowest BCUT2D eigenvalue weighted by Gasteiger charge is -2.26. The van der Waals surface area contributed by atoms with Crippen LogP contribution in [0.2, 0.25) is 0 Å². The molecular weight excluding hydrogens is 349 g/mol. The molecule has 1 unspecified atom stereocenters. The van der Waals surface area contributed by atoms with Gasteiger partial charge >= 0.3 is 0 Å². The molecule has 1 fully saturated rings. The fourth-order valence-corrected chi connectivity index (χ4v) is 2.86. The Balaban J connectivity index is 1.86. The maximum Gasteiger partial charge on any atom is 0.222 e. The van der Waals surface area contributed by atoms with E-state index in [1.54, 1.807) is 12.1 Å². The molecule has 1 aliphatic rings. The molecule has 0 radical (unpaired) electrons. The quantitative estimate of drug-likeness (QED) is 0.426. The molecule has 0 aromatic heterocycles. The van der Waals surface area contributed by atoms with Crippen molar-refractivity contribution in [2.45, 2.75) is 13.3 Å². The van der Waals surface area contributed by atoms with Crippen LogP contribution in [-0.4, -0.2) is 69.2 Å². The van der Waals surface area contributed by atoms with Gasteiger partial charge in [-0.2, -0.15) is 0 Å². The molecule has 1 aromatic rings. The predicted molar refractivity (Wildman–Crippen MR) is 104 cm³/mol. The molecule has 0 spiro atoms. The molecule has 1 aromatic carbocycles. The molecule has 0 bridgehead atoms. The first-order valence-corrected chi connectivity index (χ1v) is 9.44. The van der Waals surface area contributed by atoms with E-state index < -0.39 is 11.8 Å². The number of carbonyl (C=O) groups is 1. The minimum absolute atomic E-state index is 0.277. The highest BCUT2D eigenvalue weighted by Crippen LogP contribution is 2.10. The molecule has 8 heteroatoms. The summed E-state index contributed by atoms with van der Waals surface area (Å²) in [6.45, 7) is 8.09. The number of rotatable bonds is 9. The minimum Gasteiger partial charge on any atom is -0.379 e. The van der Waals surface area contributed by atoms with Gasteiger partial charge in [0, 0.05) is 32.7 Å². The molecule has 4 N–H and O–H groups in total. The Morgan fingerprint density at radius 2 is 2.00 bits per heavy atom. The molecular formula is C19H30FN5O2. The Hall–Kier alpha value is -2.19. The third kappa shape index (κ3) is 7.92. The van der Waals surface area contributed by atoms with Gasteiger partial charge in [0.1, 0.15) is 5.82 Å². The number of nitrogens with one attached hydrogen (secondary N) is 2. The number of primary amides is 1. The van der Waals surface area contributed by atoms with E-state index in [4.69, 9.17) is 10.5 Å². The van der Waals surface area contributed by atoms with Crippen LogP contribution in [0.15, 0.2) is 29.3 Å². The molecule has 2 rings (SSSR count). The number of nitrogens with zero attached hydrogens (tertiary/aromatic N) is 2. The Labute approximate surface area is 160 Å². The van der Waals surface area contributed by atoms with E-state index in [0.29, 0.717) is 12.4 Å². The van der Waals surface area contributed by atoms with E-state index in [0.717, 1.165) is 51.5 Å². The van der Waals surface area contributed by atoms with Gasteiger partial charge in [0.15, 0.2) is 5.96 Å². The number of ether oxygens (including phenoxy) is 1. The first-order valence-electron chi connectivity index (χ1n) is 9.44. The van der Waals surface area contributed by atoms with E-state index >= 15 is 0 Å². The van der Waals surface area contributed by atoms with E-state index in [-0.39, 0.29) is 12.4 Å². The average molecular weight is 379 g/mol. The molecule has 1 heterocycles. The van der Waals surface area contributed by atoms with Crippen LogP contribution >= 0.6 is 0 Å². The number of aliphatic imine (C=N–C) groups is 1. The van der Waals surface area contributed by atoms with Crippen molar-refractivity contribution in [2.24, 2.45) is 16.6 Å². The second-order valence-corrected chi connectivity index (χ2v) is 6.53. The van der Waals surface area contributed by atoms with Crippen molar-refractivity contribution >= 4 is 11.9 Å². The van der Waals surface area contributed by atoms with E-state index in [9.17, 15) is 9.18 Å². The highest BCUT2D eigenvalue weighted by Gasteiger charge is 2.16. The van der Waals surface area contributed by atoms with Crippen molar-refractivity contribution in [3.05, 3.63) is 35.6 Å². The molecule has 1 amide bonds. The number of hydrogen-bond acceptors (Lipinski definition) is 4. The maximum absolute atomic E-state index is 13.0. The first kappa shape index (κ1) is 21.1. The summed E-state index contributed by atoms with van der Waals surface area (Å²) in [5.41, 5.74) is 6.39. The zero-order chi connectivity index (χ0) is 19.5. The number of guanidine groups is 1. The van der Waals surface area contributed by atoms with Gasteiger partial charge < -0.3 is 21.1 Å². The molecule has 1 atom stereocenters. The summed E-state index contributed by atoms with van der Waals surface area (Å²) in [6.07, 6.45) is 0.437. The Kier molecular flexibility index (Phi) is 9.00. The summed E-state index contributed by atoms with van der Waals surface area (Å²) < 4.78 is 18.4. The van der Waals surface area contributed by atoms with Gasteiger partial charge in [-0.05, 0) is 31.0 Å². The van der Waals surface area contributed by atoms with Gasteiger partial charge in [-0.1, -0.05) is 12.1 Å². The molecule has 27 heavy (non-hydrogen) atoms. The third-order valence-electron chi connectivity index (χ3n) is 4.44. The zero-order valence-corrected chi connectivity index (χ0v) is 15.9. The van der Waals surface area contributed by atoms with Crippen molar-refractivity contribution in [2.75, 3.05) is 52.5 Å². The highest BCUT2D eigenvalue weighted by molar-refractivity contribution is 5.81. The highest BCUT2D eigenvalue weighted by atomic mass is 19.1. The van der Waals surface area contributed by atoms with Crippen molar-refractivity contribution < 1.29 is 13.9 Å². The summed E-state index contributed by atoms with van der Waals surface area (Å²) in [5, 5.41) is 6.47. The molecule has 0 saturated carbocycles. The van der Waals surface area contributed by atoms with Crippen molar-refractivity contribution in [1.29, 1.82) is 0 Å². The smallest absolute Gasteiger partial charge is 0.222 e. The van der Waals surface area contributed by atoms with Gasteiger partial charge in [0.25, 0.3) is 0 Å². The molecule has 1 aliphatic heterocycles. The van der Waals surface area contributed by atoms with Crippen molar-refractivity contribution in [3.8, 4) is 0 Å². The molecule has 1 saturated heterocycles. The number of carbonyl (C=O) groups excluding carboxylic acids is 1. The van der Waals surface area contributed by atoms with E-state index in [1.807, 2.05) is 6.92 Å². The third-order valence-corrected chi connectivity index (χ3v) is 4.44. The van der Waals surface area contributed by atoms with Crippen LogP contribution in [0.3, 0.4) is 0 Å². The number of benzene rings is 1. The first-order chi connectivity index (χ1) is 13.1. The number of amides is 1. The lowest BCUT2D eigenvalue weighted by molar-refractivity contribution is -0.121. The maximum atomic E-state index is 13.0. The molecule has 150 valence electrons. The standard InChI is InChI=1S/C19H30FN5O2/c1-2-22-19(23-7-8-25-9-11-27-12-10-25)24-14-16(18(21)26)13-15-3-5-17(20)6-4-15/h3-6,16H,2,7-14H2,1H3,(H2,21,26)(H2,22,23,24). The summed E-state index contributed by atoms with van der Waals surface area (Å²) in [5.74, 6) is -0.486. The summed E-state index contributed by atoms with van der Waals surface area (Å²) in [7, 11) is 0. The van der Waals surface area contributed by atoms with Gasteiger partial charge in [0.2, 0.25) is 5.91 Å². The number of morpholine rings is 1. The number of hydrogen-bond donors (Lipinski definition) is 3. The Bertz CT molecular complexity index is 603. The van der Waals surface area contributed by atoms with Crippen LogP contribution in [0.5, 0.6) is 0 Å². The SMILES string of the molecule is CCNC(=NCC(Cc1ccc(F)cc1)C(N)=O)NCCN1CCOCC1. The molecule has 0 aliphatic carbocycles. The fraction of sp³-hybridized carbons (Fsp3) is 0.579. The van der Waals surface area contributed by atoms with Crippen molar-refractivity contribution in [3.63, 3.8) is 0 Å². The van der Waals surface area contributed by atoms with Gasteiger partial charge in [-0.15, -0.1) is 0 Å². The second kappa shape index (κ2) is 11.5. The van der Waals surface area contributed by atoms with Gasteiger partial charge in [-0.3, -0.25) is 14.7 Å². The Morgan fingerprint density at radius 3 is 2.63 bits per heavy atom. The molecule has 7 nitrogen and oxygen atoms in total. The fourth-order valence-electron chi connectivity index (χ4n) is 2.86. The topological polar surface area (TPSA) is 92.0 Å². The van der Waals surface area contributed by atoms with E-state index in [1.165, 1.54) is 12.1 Å². The lowest BCUT2D eigenvalue weighted by Crippen LogP contribution is -2.44. The lowest BCUT2D eigenvalue weighted by atomic mass is 9.99. The van der Waals surface area contributed by atoms with Crippen LogP contribution in [0, 0.1) is 11.7 Å². The summed E-state index contributed by atoms with van der Waals surface area (Å²) >= 11 is 0. The summed E-state index contributed by atoms with van der Waals surface area (Å²) in [6, 6.07) is 6.10. The van der Waals surface area contributed by atoms with E-state index in [2.05, 4.69) is 20.5 Å². The van der Waals surface area contributed by atoms with Crippen LogP contribution in [0.4, 0.5) is 4.39 Å². The normalized spacial score (nSPS) is 16.7. The number of nitrogens with two attached hydrogens (primary N) is 1. The average Bonchev–Trinajstić information content (AvgIpc) is 2.67. The van der Waals surface area contributed by atoms with Crippen LogP contribution < -0.4 is 16.4 Å². The van der Waals surface area contributed by atoms with Crippen molar-refractivity contribution in [1.82, 2.24) is 15.5 Å². The van der Waals surface area contributed by atoms with Gasteiger partial charge in [-0.25, -0.2) is 4.39 Å². The van der Waals surface area contributed by atoms with Gasteiger partial charge in [0.05, 0.1) is 25.7 Å². The largest absolute Gasteiger partial charge is 0.379 e.